The lowest BCUT2D eigenvalue weighted by Crippen LogP contribution is -2.20. The van der Waals surface area contributed by atoms with Crippen LogP contribution < -0.4 is 10.1 Å². The van der Waals surface area contributed by atoms with Crippen molar-refractivity contribution < 1.29 is 9.53 Å². The molecule has 0 radical (unpaired) electrons. The number of amides is 1. The Morgan fingerprint density at radius 3 is 2.81 bits per heavy atom. The molecule has 4 aromatic rings. The summed E-state index contributed by atoms with van der Waals surface area (Å²) in [7, 11) is 1.62. The molecule has 0 spiro atoms. The van der Waals surface area contributed by atoms with E-state index in [1.54, 1.807) is 19.4 Å². The number of nitrogens with one attached hydrogen (secondary N) is 2. The minimum Gasteiger partial charge on any atom is -0.496 e. The van der Waals surface area contributed by atoms with Crippen LogP contribution in [0.4, 0.5) is 0 Å². The van der Waals surface area contributed by atoms with Crippen LogP contribution >= 0.6 is 0 Å². The zero-order valence-corrected chi connectivity index (χ0v) is 14.9. The van der Waals surface area contributed by atoms with Gasteiger partial charge in [0.2, 0.25) is 5.91 Å². The highest BCUT2D eigenvalue weighted by Gasteiger charge is 2.05. The summed E-state index contributed by atoms with van der Waals surface area (Å²) in [6.45, 7) is 0.405. The number of aromatic amines is 1. The Bertz CT molecular complexity index is 1140. The van der Waals surface area contributed by atoms with Gasteiger partial charge in [0.15, 0.2) is 0 Å². The van der Waals surface area contributed by atoms with Crippen LogP contribution in [-0.2, 0) is 11.3 Å². The van der Waals surface area contributed by atoms with Gasteiger partial charge in [-0.2, -0.15) is 0 Å². The minimum atomic E-state index is -0.179. The molecule has 0 bridgehead atoms. The van der Waals surface area contributed by atoms with Gasteiger partial charge in [0.1, 0.15) is 5.75 Å². The van der Waals surface area contributed by atoms with Crippen LogP contribution in [0.25, 0.3) is 27.9 Å². The van der Waals surface area contributed by atoms with E-state index in [2.05, 4.69) is 21.4 Å². The Morgan fingerprint density at radius 1 is 1.11 bits per heavy atom. The van der Waals surface area contributed by atoms with Crippen molar-refractivity contribution in [3.05, 3.63) is 78.1 Å². The van der Waals surface area contributed by atoms with E-state index in [0.717, 1.165) is 38.8 Å². The average Bonchev–Trinajstić information content (AvgIpc) is 3.09. The van der Waals surface area contributed by atoms with Crippen LogP contribution in [0.2, 0.25) is 0 Å². The number of para-hydroxylation sites is 2. The van der Waals surface area contributed by atoms with Gasteiger partial charge in [-0.1, -0.05) is 36.4 Å². The maximum absolute atomic E-state index is 12.1. The van der Waals surface area contributed by atoms with Gasteiger partial charge in [0, 0.05) is 34.5 Å². The van der Waals surface area contributed by atoms with Gasteiger partial charge < -0.3 is 15.0 Å². The summed E-state index contributed by atoms with van der Waals surface area (Å²) in [4.78, 5) is 19.9. The summed E-state index contributed by atoms with van der Waals surface area (Å²) in [5.74, 6) is 0.579. The highest BCUT2D eigenvalue weighted by Crippen LogP contribution is 2.25. The number of carbonyl (C=O) groups excluding carboxylic acids is 1. The van der Waals surface area contributed by atoms with Gasteiger partial charge in [-0.15, -0.1) is 0 Å². The second kappa shape index (κ2) is 7.33. The Kier molecular flexibility index (Phi) is 4.58. The van der Waals surface area contributed by atoms with Crippen molar-refractivity contribution >= 4 is 33.8 Å². The average molecular weight is 357 g/mol. The van der Waals surface area contributed by atoms with Crippen molar-refractivity contribution in [2.75, 3.05) is 7.11 Å². The van der Waals surface area contributed by atoms with E-state index in [-0.39, 0.29) is 5.91 Å². The van der Waals surface area contributed by atoms with E-state index in [1.807, 2.05) is 48.5 Å². The molecule has 2 heterocycles. The van der Waals surface area contributed by atoms with Crippen LogP contribution in [0.5, 0.6) is 5.75 Å². The van der Waals surface area contributed by atoms with E-state index in [4.69, 9.17) is 4.74 Å². The quantitative estimate of drug-likeness (QED) is 0.530. The second-order valence-corrected chi connectivity index (χ2v) is 6.19. The summed E-state index contributed by atoms with van der Waals surface area (Å²) in [5.41, 5.74) is 3.72. The highest BCUT2D eigenvalue weighted by atomic mass is 16.5. The molecule has 0 atom stereocenters. The molecular weight excluding hydrogens is 338 g/mol. The van der Waals surface area contributed by atoms with Crippen LogP contribution in [0, 0.1) is 0 Å². The fraction of sp³-hybridized carbons (Fsp3) is 0.0909. The molecule has 0 fully saturated rings. The zero-order chi connectivity index (χ0) is 18.6. The minimum absolute atomic E-state index is 0.179. The normalized spacial score (nSPS) is 11.3. The Labute approximate surface area is 156 Å². The summed E-state index contributed by atoms with van der Waals surface area (Å²) < 4.78 is 5.29. The summed E-state index contributed by atoms with van der Waals surface area (Å²) in [6, 6.07) is 17.7. The SMILES string of the molecule is COc1ccccc1CNC(=O)/C=C/c1cc2c(cn1)[nH]c1ccccc12. The predicted molar refractivity (Wildman–Crippen MR) is 107 cm³/mol. The third-order valence-electron chi connectivity index (χ3n) is 4.46. The molecule has 4 rings (SSSR count). The van der Waals surface area contributed by atoms with Crippen molar-refractivity contribution in [1.82, 2.24) is 15.3 Å². The number of aromatic nitrogens is 2. The number of fused-ring (bicyclic) bond motifs is 3. The molecule has 2 aromatic carbocycles. The molecule has 27 heavy (non-hydrogen) atoms. The standard InChI is InChI=1S/C22H19N3O2/c1-27-21-9-5-2-6-15(21)13-24-22(26)11-10-16-12-18-17-7-3-4-8-19(17)25-20(18)14-23-16/h2-12,14,25H,13H2,1H3,(H,24,26)/b11-10+. The number of methoxy groups -OCH3 is 1. The molecule has 0 saturated heterocycles. The number of H-pyrrole nitrogens is 1. The van der Waals surface area contributed by atoms with Crippen LogP contribution in [-0.4, -0.2) is 23.0 Å². The number of hydrogen-bond acceptors (Lipinski definition) is 3. The number of rotatable bonds is 5. The maximum atomic E-state index is 12.1. The lowest BCUT2D eigenvalue weighted by Gasteiger charge is -2.08. The van der Waals surface area contributed by atoms with Crippen molar-refractivity contribution in [3.63, 3.8) is 0 Å². The number of nitrogens with zero attached hydrogens (tertiary/aromatic N) is 1. The van der Waals surface area contributed by atoms with Gasteiger partial charge in [-0.3, -0.25) is 9.78 Å². The van der Waals surface area contributed by atoms with Gasteiger partial charge >= 0.3 is 0 Å². The topological polar surface area (TPSA) is 67.0 Å². The Morgan fingerprint density at radius 2 is 1.93 bits per heavy atom. The van der Waals surface area contributed by atoms with E-state index >= 15 is 0 Å². The molecule has 0 saturated carbocycles. The molecular formula is C22H19N3O2. The number of ether oxygens (including phenoxy) is 1. The van der Waals surface area contributed by atoms with Crippen molar-refractivity contribution in [1.29, 1.82) is 0 Å². The van der Waals surface area contributed by atoms with E-state index < -0.39 is 0 Å². The van der Waals surface area contributed by atoms with Gasteiger partial charge in [0.05, 0.1) is 24.5 Å². The first-order valence-electron chi connectivity index (χ1n) is 8.69. The van der Waals surface area contributed by atoms with Crippen molar-refractivity contribution in [2.45, 2.75) is 6.54 Å². The first-order valence-corrected chi connectivity index (χ1v) is 8.69. The molecule has 5 heteroatoms. The molecule has 0 aliphatic rings. The number of benzene rings is 2. The first kappa shape index (κ1) is 16.8. The molecule has 0 aliphatic carbocycles. The number of pyridine rings is 1. The third kappa shape index (κ3) is 3.53. The third-order valence-corrected chi connectivity index (χ3v) is 4.46. The smallest absolute Gasteiger partial charge is 0.244 e. The van der Waals surface area contributed by atoms with Crippen LogP contribution in [0.1, 0.15) is 11.3 Å². The lowest BCUT2D eigenvalue weighted by atomic mass is 10.1. The molecule has 1 amide bonds. The Balaban J connectivity index is 1.48. The monoisotopic (exact) mass is 357 g/mol. The van der Waals surface area contributed by atoms with Crippen LogP contribution in [0.3, 0.4) is 0 Å². The molecule has 5 nitrogen and oxygen atoms in total. The predicted octanol–water partition coefficient (Wildman–Crippen LogP) is 4.05. The number of carbonyl (C=O) groups is 1. The van der Waals surface area contributed by atoms with Crippen LogP contribution in [0.15, 0.2) is 66.9 Å². The fourth-order valence-corrected chi connectivity index (χ4v) is 3.11. The summed E-state index contributed by atoms with van der Waals surface area (Å²) in [5, 5.41) is 5.10. The lowest BCUT2D eigenvalue weighted by molar-refractivity contribution is -0.116. The molecule has 134 valence electrons. The van der Waals surface area contributed by atoms with Crippen molar-refractivity contribution in [2.24, 2.45) is 0 Å². The van der Waals surface area contributed by atoms with Gasteiger partial charge in [-0.25, -0.2) is 0 Å². The first-order chi connectivity index (χ1) is 13.2. The van der Waals surface area contributed by atoms with E-state index in [9.17, 15) is 4.79 Å². The van der Waals surface area contributed by atoms with Crippen molar-refractivity contribution in [3.8, 4) is 5.75 Å². The molecule has 2 aromatic heterocycles. The highest BCUT2D eigenvalue weighted by molar-refractivity contribution is 6.07. The summed E-state index contributed by atoms with van der Waals surface area (Å²) >= 11 is 0. The number of hydrogen-bond donors (Lipinski definition) is 2. The van der Waals surface area contributed by atoms with Gasteiger partial charge in [-0.05, 0) is 24.3 Å². The van der Waals surface area contributed by atoms with E-state index in [1.165, 1.54) is 6.08 Å². The van der Waals surface area contributed by atoms with Gasteiger partial charge in [0.25, 0.3) is 0 Å². The second-order valence-electron chi connectivity index (χ2n) is 6.19. The zero-order valence-electron chi connectivity index (χ0n) is 14.9. The molecule has 2 N–H and O–H groups in total. The maximum Gasteiger partial charge on any atom is 0.244 e. The van der Waals surface area contributed by atoms with E-state index in [0.29, 0.717) is 6.54 Å². The Hall–Kier alpha value is -3.60. The largest absolute Gasteiger partial charge is 0.496 e. The molecule has 0 unspecified atom stereocenters. The molecule has 0 aliphatic heterocycles. The fourth-order valence-electron chi connectivity index (χ4n) is 3.11. The summed E-state index contributed by atoms with van der Waals surface area (Å²) in [6.07, 6.45) is 5.01.